The van der Waals surface area contributed by atoms with Gasteiger partial charge >= 0.3 is 0 Å². The van der Waals surface area contributed by atoms with Crippen molar-refractivity contribution >= 4 is 10.9 Å². The van der Waals surface area contributed by atoms with Crippen LogP contribution in [0.2, 0.25) is 0 Å². The smallest absolute Gasteiger partial charge is 0.123 e. The number of nitrogens with zero attached hydrogens (tertiary/aromatic N) is 1. The highest BCUT2D eigenvalue weighted by molar-refractivity contribution is 5.80. The van der Waals surface area contributed by atoms with Crippen LogP contribution in [0.1, 0.15) is 36.6 Å². The van der Waals surface area contributed by atoms with E-state index in [1.54, 1.807) is 12.1 Å². The van der Waals surface area contributed by atoms with Crippen molar-refractivity contribution in [2.75, 3.05) is 6.54 Å². The first kappa shape index (κ1) is 15.3. The number of fused-ring (bicyclic) bond motifs is 1. The van der Waals surface area contributed by atoms with Gasteiger partial charge in [-0.1, -0.05) is 18.6 Å². The second-order valence-corrected chi connectivity index (χ2v) is 6.56. The van der Waals surface area contributed by atoms with Crippen LogP contribution in [0.25, 0.3) is 10.9 Å². The Morgan fingerprint density at radius 1 is 0.958 bits per heavy atom. The fourth-order valence-corrected chi connectivity index (χ4v) is 3.66. The first-order valence-corrected chi connectivity index (χ1v) is 8.46. The zero-order valence-corrected chi connectivity index (χ0v) is 13.4. The number of nitrogens with one attached hydrogen (secondary N) is 1. The van der Waals surface area contributed by atoms with E-state index < -0.39 is 0 Å². The molecule has 2 aromatic carbocycles. The van der Waals surface area contributed by atoms with Crippen LogP contribution >= 0.6 is 0 Å². The van der Waals surface area contributed by atoms with E-state index >= 15 is 0 Å². The molecule has 1 aliphatic heterocycles. The Bertz CT molecular complexity index is 838. The van der Waals surface area contributed by atoms with Gasteiger partial charge in [0, 0.05) is 23.1 Å². The molecule has 0 amide bonds. The maximum absolute atomic E-state index is 13.4. The van der Waals surface area contributed by atoms with Crippen molar-refractivity contribution in [2.45, 2.75) is 31.8 Å². The SMILES string of the molecule is Fc1ccc(CN2CCCCC2c2cc3cc(F)ccc3[nH]2)cc1. The molecule has 1 aliphatic rings. The van der Waals surface area contributed by atoms with Crippen LogP contribution in [0.15, 0.2) is 48.5 Å². The first-order chi connectivity index (χ1) is 11.7. The molecule has 1 fully saturated rings. The van der Waals surface area contributed by atoms with E-state index in [4.69, 9.17) is 0 Å². The molecule has 1 saturated heterocycles. The summed E-state index contributed by atoms with van der Waals surface area (Å²) < 4.78 is 26.5. The number of halogens is 2. The maximum atomic E-state index is 13.4. The Balaban J connectivity index is 1.61. The van der Waals surface area contributed by atoms with Gasteiger partial charge in [-0.05, 0) is 61.3 Å². The molecule has 1 unspecified atom stereocenters. The zero-order valence-electron chi connectivity index (χ0n) is 13.4. The normalized spacial score (nSPS) is 19.0. The van der Waals surface area contributed by atoms with Crippen LogP contribution in [0.4, 0.5) is 8.78 Å². The third-order valence-electron chi connectivity index (χ3n) is 4.88. The fourth-order valence-electron chi connectivity index (χ4n) is 3.66. The summed E-state index contributed by atoms with van der Waals surface area (Å²) in [7, 11) is 0. The van der Waals surface area contributed by atoms with E-state index in [1.807, 2.05) is 12.1 Å². The van der Waals surface area contributed by atoms with Crippen molar-refractivity contribution in [1.82, 2.24) is 9.88 Å². The maximum Gasteiger partial charge on any atom is 0.123 e. The highest BCUT2D eigenvalue weighted by Crippen LogP contribution is 2.33. The molecule has 0 bridgehead atoms. The van der Waals surface area contributed by atoms with E-state index in [-0.39, 0.29) is 11.6 Å². The van der Waals surface area contributed by atoms with E-state index in [1.165, 1.54) is 31.0 Å². The van der Waals surface area contributed by atoms with Gasteiger partial charge in [0.05, 0.1) is 6.04 Å². The minimum absolute atomic E-state index is 0.202. The molecule has 3 aromatic rings. The number of benzene rings is 2. The molecule has 0 saturated carbocycles. The Hall–Kier alpha value is -2.20. The van der Waals surface area contributed by atoms with Gasteiger partial charge in [-0.25, -0.2) is 8.78 Å². The van der Waals surface area contributed by atoms with Crippen molar-refractivity contribution in [3.8, 4) is 0 Å². The fraction of sp³-hybridized carbons (Fsp3) is 0.300. The van der Waals surface area contributed by atoms with Crippen molar-refractivity contribution in [2.24, 2.45) is 0 Å². The average molecular weight is 326 g/mol. The Kier molecular flexibility index (Phi) is 4.07. The predicted molar refractivity (Wildman–Crippen MR) is 91.7 cm³/mol. The van der Waals surface area contributed by atoms with Gasteiger partial charge in [0.15, 0.2) is 0 Å². The third-order valence-corrected chi connectivity index (χ3v) is 4.88. The molecule has 2 nitrogen and oxygen atoms in total. The third kappa shape index (κ3) is 3.06. The minimum Gasteiger partial charge on any atom is -0.357 e. The van der Waals surface area contributed by atoms with Crippen LogP contribution in [0, 0.1) is 11.6 Å². The van der Waals surface area contributed by atoms with E-state index in [9.17, 15) is 8.78 Å². The highest BCUT2D eigenvalue weighted by Gasteiger charge is 2.25. The molecule has 0 radical (unpaired) electrons. The number of aromatic nitrogens is 1. The summed E-state index contributed by atoms with van der Waals surface area (Å²) in [5, 5.41) is 0.914. The van der Waals surface area contributed by atoms with Crippen LogP contribution in [-0.4, -0.2) is 16.4 Å². The molecule has 4 rings (SSSR count). The van der Waals surface area contributed by atoms with Gasteiger partial charge in [-0.2, -0.15) is 0 Å². The number of hydrogen-bond donors (Lipinski definition) is 1. The van der Waals surface area contributed by atoms with Gasteiger partial charge in [-0.15, -0.1) is 0 Å². The van der Waals surface area contributed by atoms with Crippen molar-refractivity contribution in [1.29, 1.82) is 0 Å². The van der Waals surface area contributed by atoms with Gasteiger partial charge < -0.3 is 4.98 Å². The van der Waals surface area contributed by atoms with Gasteiger partial charge in [0.1, 0.15) is 11.6 Å². The Labute approximate surface area is 140 Å². The summed E-state index contributed by atoms with van der Waals surface area (Å²) in [5.74, 6) is -0.411. The lowest BCUT2D eigenvalue weighted by atomic mass is 9.98. The first-order valence-electron chi connectivity index (χ1n) is 8.46. The average Bonchev–Trinajstić information content (AvgIpc) is 3.00. The molecule has 4 heteroatoms. The summed E-state index contributed by atoms with van der Waals surface area (Å²) >= 11 is 0. The number of hydrogen-bond acceptors (Lipinski definition) is 1. The second-order valence-electron chi connectivity index (χ2n) is 6.56. The number of rotatable bonds is 3. The van der Waals surface area contributed by atoms with Crippen molar-refractivity contribution in [3.63, 3.8) is 0 Å². The minimum atomic E-state index is -0.208. The summed E-state index contributed by atoms with van der Waals surface area (Å²) in [5.41, 5.74) is 3.22. The predicted octanol–water partition coefficient (Wildman–Crippen LogP) is 5.17. The molecule has 1 atom stereocenters. The summed E-state index contributed by atoms with van der Waals surface area (Å²) in [6.07, 6.45) is 3.44. The van der Waals surface area contributed by atoms with E-state index in [0.29, 0.717) is 6.04 Å². The molecular weight excluding hydrogens is 306 g/mol. The second kappa shape index (κ2) is 6.36. The number of aromatic amines is 1. The lowest BCUT2D eigenvalue weighted by Gasteiger charge is -2.35. The van der Waals surface area contributed by atoms with Gasteiger partial charge in [-0.3, -0.25) is 4.90 Å². The molecule has 1 aromatic heterocycles. The number of H-pyrrole nitrogens is 1. The van der Waals surface area contributed by atoms with Crippen LogP contribution < -0.4 is 0 Å². The largest absolute Gasteiger partial charge is 0.357 e. The molecule has 0 aliphatic carbocycles. The topological polar surface area (TPSA) is 19.0 Å². The lowest BCUT2D eigenvalue weighted by Crippen LogP contribution is -2.33. The summed E-state index contributed by atoms with van der Waals surface area (Å²) in [6, 6.07) is 13.9. The van der Waals surface area contributed by atoms with Crippen molar-refractivity contribution in [3.05, 3.63) is 71.4 Å². The summed E-state index contributed by atoms with van der Waals surface area (Å²) in [6.45, 7) is 1.82. The van der Waals surface area contributed by atoms with Gasteiger partial charge in [0.2, 0.25) is 0 Å². The lowest BCUT2D eigenvalue weighted by molar-refractivity contribution is 0.138. The molecule has 2 heterocycles. The molecule has 124 valence electrons. The Morgan fingerprint density at radius 3 is 2.58 bits per heavy atom. The molecular formula is C20H20F2N2. The van der Waals surface area contributed by atoms with Gasteiger partial charge in [0.25, 0.3) is 0 Å². The zero-order chi connectivity index (χ0) is 16.5. The monoisotopic (exact) mass is 326 g/mol. The standard InChI is InChI=1S/C20H20F2N2/c21-16-6-4-14(5-7-16)13-24-10-2-1-3-20(24)19-12-15-11-17(22)8-9-18(15)23-19/h4-9,11-12,20,23H,1-3,10,13H2. The molecule has 24 heavy (non-hydrogen) atoms. The quantitative estimate of drug-likeness (QED) is 0.703. The Morgan fingerprint density at radius 2 is 1.75 bits per heavy atom. The van der Waals surface area contributed by atoms with E-state index in [0.717, 1.165) is 41.7 Å². The highest BCUT2D eigenvalue weighted by atomic mass is 19.1. The number of likely N-dealkylation sites (tertiary alicyclic amines) is 1. The molecule has 0 spiro atoms. The van der Waals surface area contributed by atoms with Crippen molar-refractivity contribution < 1.29 is 8.78 Å². The van der Waals surface area contributed by atoms with Crippen LogP contribution in [-0.2, 0) is 6.54 Å². The summed E-state index contributed by atoms with van der Waals surface area (Å²) in [4.78, 5) is 5.88. The van der Waals surface area contributed by atoms with E-state index in [2.05, 4.69) is 16.0 Å². The van der Waals surface area contributed by atoms with Crippen LogP contribution in [0.3, 0.4) is 0 Å². The van der Waals surface area contributed by atoms with Crippen LogP contribution in [0.5, 0.6) is 0 Å². The number of piperidine rings is 1. The molecule has 1 N–H and O–H groups in total.